The quantitative estimate of drug-likeness (QED) is 0.781. The van der Waals surface area contributed by atoms with Gasteiger partial charge in [0.2, 0.25) is 5.91 Å². The lowest BCUT2D eigenvalue weighted by Crippen LogP contribution is -2.44. The van der Waals surface area contributed by atoms with Crippen LogP contribution in [0.15, 0.2) is 18.2 Å². The average Bonchev–Trinajstić information content (AvgIpc) is 3.10. The highest BCUT2D eigenvalue weighted by molar-refractivity contribution is 5.88. The van der Waals surface area contributed by atoms with Gasteiger partial charge in [-0.1, -0.05) is 18.9 Å². The van der Waals surface area contributed by atoms with E-state index in [1.165, 1.54) is 0 Å². The summed E-state index contributed by atoms with van der Waals surface area (Å²) in [5.41, 5.74) is 0.384. The minimum absolute atomic E-state index is 0.0580. The molecule has 1 aromatic rings. The van der Waals surface area contributed by atoms with Crippen molar-refractivity contribution in [2.75, 3.05) is 27.8 Å². The molecule has 0 heterocycles. The summed E-state index contributed by atoms with van der Waals surface area (Å²) >= 11 is 0. The number of amides is 1. The number of benzene rings is 1. The molecule has 25 heavy (non-hydrogen) atoms. The molecule has 0 spiro atoms. The SMILES string of the molecule is COc1ccc(C2(C(=O)N(C)CCCC(=O)O)CCCC2)cc1OC. The molecule has 0 bridgehead atoms. The molecule has 138 valence electrons. The molecule has 0 aromatic heterocycles. The standard InChI is InChI=1S/C19H27NO5/c1-20(12-6-7-17(21)22)18(23)19(10-4-5-11-19)14-8-9-15(24-2)16(13-14)25-3/h8-9,13H,4-7,10-12H2,1-3H3,(H,21,22). The van der Waals surface area contributed by atoms with Crippen molar-refractivity contribution in [3.63, 3.8) is 0 Å². The number of rotatable bonds is 8. The molecule has 1 aliphatic carbocycles. The largest absolute Gasteiger partial charge is 0.493 e. The van der Waals surface area contributed by atoms with Crippen LogP contribution < -0.4 is 9.47 Å². The Balaban J connectivity index is 2.26. The normalized spacial score (nSPS) is 15.6. The smallest absolute Gasteiger partial charge is 0.303 e. The van der Waals surface area contributed by atoms with E-state index in [4.69, 9.17) is 14.6 Å². The van der Waals surface area contributed by atoms with E-state index in [0.717, 1.165) is 31.2 Å². The van der Waals surface area contributed by atoms with Crippen LogP contribution in [0.2, 0.25) is 0 Å². The van der Waals surface area contributed by atoms with Gasteiger partial charge in [0.1, 0.15) is 0 Å². The number of nitrogens with zero attached hydrogens (tertiary/aromatic N) is 1. The number of ether oxygens (including phenoxy) is 2. The summed E-state index contributed by atoms with van der Waals surface area (Å²) in [5, 5.41) is 8.78. The molecule has 0 radical (unpaired) electrons. The highest BCUT2D eigenvalue weighted by Gasteiger charge is 2.44. The van der Waals surface area contributed by atoms with Gasteiger partial charge in [-0.2, -0.15) is 0 Å². The van der Waals surface area contributed by atoms with Gasteiger partial charge in [-0.15, -0.1) is 0 Å². The van der Waals surface area contributed by atoms with Crippen LogP contribution in [0.4, 0.5) is 0 Å². The lowest BCUT2D eigenvalue weighted by Gasteiger charge is -2.33. The number of carboxylic acid groups (broad SMARTS) is 1. The maximum Gasteiger partial charge on any atom is 0.303 e. The van der Waals surface area contributed by atoms with E-state index < -0.39 is 11.4 Å². The van der Waals surface area contributed by atoms with Crippen LogP contribution in [0.3, 0.4) is 0 Å². The van der Waals surface area contributed by atoms with Gasteiger partial charge in [0.25, 0.3) is 0 Å². The van der Waals surface area contributed by atoms with Gasteiger partial charge in [0.15, 0.2) is 11.5 Å². The Kier molecular flexibility index (Phi) is 6.28. The van der Waals surface area contributed by atoms with Crippen molar-refractivity contribution in [1.29, 1.82) is 0 Å². The van der Waals surface area contributed by atoms with Crippen molar-refractivity contribution in [3.05, 3.63) is 23.8 Å². The van der Waals surface area contributed by atoms with Gasteiger partial charge in [0, 0.05) is 20.0 Å². The van der Waals surface area contributed by atoms with Crippen molar-refractivity contribution in [2.45, 2.75) is 43.9 Å². The first-order valence-electron chi connectivity index (χ1n) is 8.64. The molecule has 1 amide bonds. The van der Waals surface area contributed by atoms with Crippen LogP contribution in [-0.2, 0) is 15.0 Å². The van der Waals surface area contributed by atoms with Crippen molar-refractivity contribution in [3.8, 4) is 11.5 Å². The number of hydrogen-bond donors (Lipinski definition) is 1. The number of methoxy groups -OCH3 is 2. The third-order valence-electron chi connectivity index (χ3n) is 5.03. The summed E-state index contributed by atoms with van der Waals surface area (Å²) in [4.78, 5) is 25.6. The predicted molar refractivity (Wildman–Crippen MR) is 94.2 cm³/mol. The maximum absolute atomic E-state index is 13.2. The number of carboxylic acids is 1. The molecule has 1 saturated carbocycles. The van der Waals surface area contributed by atoms with E-state index in [-0.39, 0.29) is 12.3 Å². The number of hydrogen-bond acceptors (Lipinski definition) is 4. The Morgan fingerprint density at radius 3 is 2.36 bits per heavy atom. The molecule has 1 aliphatic rings. The van der Waals surface area contributed by atoms with Gasteiger partial charge in [-0.05, 0) is 37.0 Å². The first-order valence-corrected chi connectivity index (χ1v) is 8.64. The average molecular weight is 349 g/mol. The number of carbonyl (C=O) groups is 2. The van der Waals surface area contributed by atoms with Crippen LogP contribution >= 0.6 is 0 Å². The molecule has 6 heteroatoms. The van der Waals surface area contributed by atoms with Gasteiger partial charge >= 0.3 is 5.97 Å². The van der Waals surface area contributed by atoms with Crippen molar-refractivity contribution >= 4 is 11.9 Å². The fraction of sp³-hybridized carbons (Fsp3) is 0.579. The highest BCUT2D eigenvalue weighted by Crippen LogP contribution is 2.44. The zero-order valence-corrected chi connectivity index (χ0v) is 15.2. The summed E-state index contributed by atoms with van der Waals surface area (Å²) in [7, 11) is 4.93. The van der Waals surface area contributed by atoms with Crippen LogP contribution in [0.25, 0.3) is 0 Å². The highest BCUT2D eigenvalue weighted by atomic mass is 16.5. The third kappa shape index (κ3) is 4.06. The Morgan fingerprint density at radius 1 is 1.16 bits per heavy atom. The fourth-order valence-corrected chi connectivity index (χ4v) is 3.67. The lowest BCUT2D eigenvalue weighted by molar-refractivity contribution is -0.139. The van der Waals surface area contributed by atoms with Gasteiger partial charge < -0.3 is 19.5 Å². The summed E-state index contributed by atoms with van der Waals surface area (Å²) in [6.45, 7) is 0.445. The van der Waals surface area contributed by atoms with Crippen LogP contribution in [0.5, 0.6) is 11.5 Å². The monoisotopic (exact) mass is 349 g/mol. The van der Waals surface area contributed by atoms with Crippen LogP contribution in [0, 0.1) is 0 Å². The van der Waals surface area contributed by atoms with E-state index >= 15 is 0 Å². The minimum atomic E-state index is -0.837. The molecular weight excluding hydrogens is 322 g/mol. The fourth-order valence-electron chi connectivity index (χ4n) is 3.67. The van der Waals surface area contributed by atoms with Crippen LogP contribution in [0.1, 0.15) is 44.1 Å². The van der Waals surface area contributed by atoms with Crippen LogP contribution in [-0.4, -0.2) is 49.7 Å². The lowest BCUT2D eigenvalue weighted by atomic mass is 9.77. The number of aliphatic carboxylic acids is 1. The second kappa shape index (κ2) is 8.23. The van der Waals surface area contributed by atoms with Gasteiger partial charge in [0.05, 0.1) is 19.6 Å². The summed E-state index contributed by atoms with van der Waals surface area (Å²) < 4.78 is 10.7. The van der Waals surface area contributed by atoms with Crippen molar-refractivity contribution in [1.82, 2.24) is 4.90 Å². The first-order chi connectivity index (χ1) is 11.9. The zero-order chi connectivity index (χ0) is 18.4. The minimum Gasteiger partial charge on any atom is -0.493 e. The van der Waals surface area contributed by atoms with E-state index in [0.29, 0.717) is 24.5 Å². The summed E-state index contributed by atoms with van der Waals surface area (Å²) in [6, 6.07) is 5.68. The van der Waals surface area contributed by atoms with E-state index in [2.05, 4.69) is 0 Å². The molecular formula is C19H27NO5. The molecule has 1 aromatic carbocycles. The van der Waals surface area contributed by atoms with Crippen molar-refractivity contribution < 1.29 is 24.2 Å². The predicted octanol–water partition coefficient (Wildman–Crippen LogP) is 2.84. The van der Waals surface area contributed by atoms with Crippen molar-refractivity contribution in [2.24, 2.45) is 0 Å². The molecule has 1 fully saturated rings. The Bertz CT molecular complexity index is 622. The zero-order valence-electron chi connectivity index (χ0n) is 15.2. The first kappa shape index (κ1) is 19.1. The van der Waals surface area contributed by atoms with Gasteiger partial charge in [-0.25, -0.2) is 0 Å². The summed E-state index contributed by atoms with van der Waals surface area (Å²) in [6.07, 6.45) is 4.13. The van der Waals surface area contributed by atoms with E-state index in [9.17, 15) is 9.59 Å². The number of carbonyl (C=O) groups excluding carboxylic acids is 1. The van der Waals surface area contributed by atoms with E-state index in [1.54, 1.807) is 26.2 Å². The number of likely N-dealkylation sites (N-methyl/N-ethyl adjacent to an activating group) is 1. The Hall–Kier alpha value is -2.24. The molecule has 1 N–H and O–H groups in total. The second-order valence-electron chi connectivity index (χ2n) is 6.58. The Morgan fingerprint density at radius 2 is 1.80 bits per heavy atom. The third-order valence-corrected chi connectivity index (χ3v) is 5.03. The molecule has 0 aliphatic heterocycles. The topological polar surface area (TPSA) is 76.1 Å². The molecule has 0 saturated heterocycles. The Labute approximate surface area is 148 Å². The maximum atomic E-state index is 13.2. The summed E-state index contributed by atoms with van der Waals surface area (Å²) in [5.74, 6) is 0.480. The molecule has 0 atom stereocenters. The molecule has 2 rings (SSSR count). The van der Waals surface area contributed by atoms with E-state index in [1.807, 2.05) is 18.2 Å². The molecule has 6 nitrogen and oxygen atoms in total. The van der Waals surface area contributed by atoms with Gasteiger partial charge in [-0.3, -0.25) is 9.59 Å². The molecule has 0 unspecified atom stereocenters. The second-order valence-corrected chi connectivity index (χ2v) is 6.58.